The van der Waals surface area contributed by atoms with Gasteiger partial charge in [-0.25, -0.2) is 9.48 Å². The minimum atomic E-state index is -0.951. The van der Waals surface area contributed by atoms with E-state index in [-0.39, 0.29) is 13.3 Å². The standard InChI is InChI=1S/C21H19N3O5S3/c1-12(18(25)22-10-13-3-8-16-17(9-13)28-11-27-16)29-19(26)14-4-6-15(7-5-14)24-21(30)32-20(23-24)31-2/h3-9,12H,10-11H2,1-2H3,(H,22,25)/t12-/m0/s1. The highest BCUT2D eigenvalue weighted by atomic mass is 32.2. The summed E-state index contributed by atoms with van der Waals surface area (Å²) in [6.45, 7) is 1.99. The highest BCUT2D eigenvalue weighted by Crippen LogP contribution is 2.32. The highest BCUT2D eigenvalue weighted by molar-refractivity contribution is 8.00. The molecule has 1 aliphatic heterocycles. The van der Waals surface area contributed by atoms with Crippen molar-refractivity contribution in [1.82, 2.24) is 15.1 Å². The lowest BCUT2D eigenvalue weighted by Gasteiger charge is -2.14. The van der Waals surface area contributed by atoms with E-state index in [4.69, 9.17) is 26.4 Å². The van der Waals surface area contributed by atoms with Gasteiger partial charge >= 0.3 is 5.97 Å². The van der Waals surface area contributed by atoms with E-state index in [1.165, 1.54) is 30.0 Å². The number of nitrogens with one attached hydrogen (secondary N) is 1. The smallest absolute Gasteiger partial charge is 0.338 e. The fourth-order valence-electron chi connectivity index (χ4n) is 2.91. The molecule has 0 saturated carbocycles. The van der Waals surface area contributed by atoms with Gasteiger partial charge in [-0.05, 0) is 67.4 Å². The van der Waals surface area contributed by atoms with Gasteiger partial charge in [-0.3, -0.25) is 4.79 Å². The van der Waals surface area contributed by atoms with Crippen molar-refractivity contribution < 1.29 is 23.8 Å². The van der Waals surface area contributed by atoms with Gasteiger partial charge in [0.2, 0.25) is 6.79 Å². The molecule has 2 heterocycles. The largest absolute Gasteiger partial charge is 0.454 e. The van der Waals surface area contributed by atoms with Crippen molar-refractivity contribution in [3.8, 4) is 17.2 Å². The molecule has 0 fully saturated rings. The van der Waals surface area contributed by atoms with Crippen molar-refractivity contribution >= 4 is 47.2 Å². The van der Waals surface area contributed by atoms with Crippen LogP contribution in [-0.2, 0) is 16.1 Å². The summed E-state index contributed by atoms with van der Waals surface area (Å²) in [5.74, 6) is 0.332. The third-order valence-corrected chi connectivity index (χ3v) is 6.82. The maximum atomic E-state index is 12.4. The maximum absolute atomic E-state index is 12.4. The van der Waals surface area contributed by atoms with E-state index in [1.54, 1.807) is 41.1 Å². The summed E-state index contributed by atoms with van der Waals surface area (Å²) >= 11 is 8.27. The first kappa shape index (κ1) is 22.3. The monoisotopic (exact) mass is 489 g/mol. The Kier molecular flexibility index (Phi) is 6.77. The molecule has 8 nitrogen and oxygen atoms in total. The van der Waals surface area contributed by atoms with Gasteiger partial charge in [0.25, 0.3) is 5.91 Å². The highest BCUT2D eigenvalue weighted by Gasteiger charge is 2.20. The van der Waals surface area contributed by atoms with Crippen LogP contribution in [0.15, 0.2) is 46.8 Å². The van der Waals surface area contributed by atoms with Gasteiger partial charge in [0.1, 0.15) is 0 Å². The number of amides is 1. The number of carbonyl (C=O) groups is 2. The number of hydrogen-bond acceptors (Lipinski definition) is 9. The second kappa shape index (κ2) is 9.72. The molecule has 0 radical (unpaired) electrons. The van der Waals surface area contributed by atoms with E-state index in [0.717, 1.165) is 15.6 Å². The Morgan fingerprint density at radius 3 is 2.72 bits per heavy atom. The zero-order chi connectivity index (χ0) is 22.7. The summed E-state index contributed by atoms with van der Waals surface area (Å²) in [4.78, 5) is 24.8. The molecule has 4 rings (SSSR count). The van der Waals surface area contributed by atoms with Crippen molar-refractivity contribution in [2.75, 3.05) is 13.0 Å². The quantitative estimate of drug-likeness (QED) is 0.303. The van der Waals surface area contributed by atoms with Crippen LogP contribution in [0, 0.1) is 3.95 Å². The summed E-state index contributed by atoms with van der Waals surface area (Å²) < 4.78 is 19.0. The van der Waals surface area contributed by atoms with Crippen molar-refractivity contribution in [2.45, 2.75) is 23.9 Å². The van der Waals surface area contributed by atoms with Gasteiger partial charge in [-0.2, -0.15) is 0 Å². The van der Waals surface area contributed by atoms with Crippen molar-refractivity contribution in [1.29, 1.82) is 0 Å². The van der Waals surface area contributed by atoms with E-state index in [2.05, 4.69) is 10.4 Å². The molecule has 1 aliphatic rings. The number of aromatic nitrogens is 2. The number of hydrogen-bond donors (Lipinski definition) is 1. The Morgan fingerprint density at radius 1 is 1.25 bits per heavy atom. The maximum Gasteiger partial charge on any atom is 0.338 e. The van der Waals surface area contributed by atoms with Gasteiger partial charge < -0.3 is 19.5 Å². The third kappa shape index (κ3) is 4.95. The first-order chi connectivity index (χ1) is 15.4. The number of ether oxygens (including phenoxy) is 3. The van der Waals surface area contributed by atoms with Gasteiger partial charge in [-0.15, -0.1) is 5.10 Å². The summed E-state index contributed by atoms with van der Waals surface area (Å²) in [7, 11) is 0. The molecule has 166 valence electrons. The van der Waals surface area contributed by atoms with Crippen LogP contribution in [0.3, 0.4) is 0 Å². The normalized spacial score (nSPS) is 12.9. The summed E-state index contributed by atoms with van der Waals surface area (Å²) in [6.07, 6.45) is 0.983. The van der Waals surface area contributed by atoms with Gasteiger partial charge in [0.15, 0.2) is 25.9 Å². The SMILES string of the molecule is CSc1nn(-c2ccc(C(=O)O[C@@H](C)C(=O)NCc3ccc4c(c3)OCO4)cc2)c(=S)s1. The van der Waals surface area contributed by atoms with E-state index >= 15 is 0 Å². The van der Waals surface area contributed by atoms with E-state index in [0.29, 0.717) is 21.0 Å². The Hall–Kier alpha value is -2.89. The van der Waals surface area contributed by atoms with Crippen LogP contribution in [-0.4, -0.2) is 40.8 Å². The molecule has 2 aromatic carbocycles. The van der Waals surface area contributed by atoms with E-state index < -0.39 is 18.0 Å². The lowest BCUT2D eigenvalue weighted by Crippen LogP contribution is -2.35. The van der Waals surface area contributed by atoms with Gasteiger partial charge in [0, 0.05) is 6.54 Å². The van der Waals surface area contributed by atoms with Crippen molar-refractivity contribution in [3.63, 3.8) is 0 Å². The van der Waals surface area contributed by atoms with Crippen LogP contribution in [0.2, 0.25) is 0 Å². The predicted molar refractivity (Wildman–Crippen MR) is 123 cm³/mol. The molecular weight excluding hydrogens is 470 g/mol. The predicted octanol–water partition coefficient (Wildman–Crippen LogP) is 3.98. The van der Waals surface area contributed by atoms with Crippen LogP contribution in [0.1, 0.15) is 22.8 Å². The Labute approximate surface area is 197 Å². The molecule has 0 spiro atoms. The second-order valence-electron chi connectivity index (χ2n) is 6.75. The van der Waals surface area contributed by atoms with Crippen LogP contribution in [0.25, 0.3) is 5.69 Å². The molecule has 0 aliphatic carbocycles. The number of esters is 1. The van der Waals surface area contributed by atoms with Crippen LogP contribution >= 0.6 is 35.3 Å². The Balaban J connectivity index is 1.33. The molecule has 11 heteroatoms. The van der Waals surface area contributed by atoms with Crippen molar-refractivity contribution in [3.05, 3.63) is 57.5 Å². The number of rotatable bonds is 7. The first-order valence-corrected chi connectivity index (χ1v) is 12.0. The third-order valence-electron chi connectivity index (χ3n) is 4.61. The van der Waals surface area contributed by atoms with Crippen LogP contribution < -0.4 is 14.8 Å². The molecule has 3 aromatic rings. The molecule has 32 heavy (non-hydrogen) atoms. The number of nitrogens with zero attached hydrogens (tertiary/aromatic N) is 2. The zero-order valence-corrected chi connectivity index (χ0v) is 19.6. The summed E-state index contributed by atoms with van der Waals surface area (Å²) in [5, 5.41) is 7.17. The topological polar surface area (TPSA) is 91.7 Å². The number of carbonyl (C=O) groups excluding carboxylic acids is 2. The summed E-state index contributed by atoms with van der Waals surface area (Å²) in [6, 6.07) is 12.1. The average molecular weight is 490 g/mol. The van der Waals surface area contributed by atoms with Crippen molar-refractivity contribution in [2.24, 2.45) is 0 Å². The van der Waals surface area contributed by atoms with E-state index in [1.807, 2.05) is 12.3 Å². The average Bonchev–Trinajstić information content (AvgIpc) is 3.43. The first-order valence-electron chi connectivity index (χ1n) is 9.56. The lowest BCUT2D eigenvalue weighted by molar-refractivity contribution is -0.129. The number of benzene rings is 2. The van der Waals surface area contributed by atoms with Gasteiger partial charge in [-0.1, -0.05) is 29.2 Å². The fraction of sp³-hybridized carbons (Fsp3) is 0.238. The molecule has 1 aromatic heterocycles. The lowest BCUT2D eigenvalue weighted by atomic mass is 10.2. The number of thioether (sulfide) groups is 1. The molecule has 0 bridgehead atoms. The minimum absolute atomic E-state index is 0.189. The zero-order valence-electron chi connectivity index (χ0n) is 17.2. The molecule has 1 amide bonds. The molecule has 1 atom stereocenters. The van der Waals surface area contributed by atoms with E-state index in [9.17, 15) is 9.59 Å². The second-order valence-corrected chi connectivity index (χ2v) is 9.43. The molecule has 0 unspecified atom stereocenters. The van der Waals surface area contributed by atoms with Crippen LogP contribution in [0.4, 0.5) is 0 Å². The Bertz CT molecular complexity index is 1210. The van der Waals surface area contributed by atoms with Gasteiger partial charge in [0.05, 0.1) is 11.3 Å². The summed E-state index contributed by atoms with van der Waals surface area (Å²) in [5.41, 5.74) is 1.93. The Morgan fingerprint density at radius 2 is 2.00 bits per heavy atom. The fourth-order valence-corrected chi connectivity index (χ4v) is 4.69. The van der Waals surface area contributed by atoms with Crippen LogP contribution in [0.5, 0.6) is 11.5 Å². The molecule has 0 saturated heterocycles. The number of fused-ring (bicyclic) bond motifs is 1. The minimum Gasteiger partial charge on any atom is -0.454 e. The molecule has 1 N–H and O–H groups in total. The molecular formula is C21H19N3O5S3.